The standard InChI is InChI=1S/C24H25NO3/c1-3-15-4-6-17(7-5-15)20-14-23(27)25-21-12-18(13-22(26)24(20)21)16-8-10-19(28-2)11-9-16/h4-11,18,20H,3,12-14H2,1-2H3,(H,25,27)/t18-,20+/m0/s1. The van der Waals surface area contributed by atoms with E-state index in [-0.39, 0.29) is 23.5 Å². The van der Waals surface area contributed by atoms with E-state index in [1.807, 2.05) is 24.3 Å². The Morgan fingerprint density at radius 2 is 1.61 bits per heavy atom. The number of carbonyl (C=O) groups is 2. The number of hydrogen-bond acceptors (Lipinski definition) is 3. The molecule has 2 aromatic rings. The molecule has 1 heterocycles. The molecule has 0 spiro atoms. The summed E-state index contributed by atoms with van der Waals surface area (Å²) < 4.78 is 5.22. The molecule has 2 aromatic carbocycles. The van der Waals surface area contributed by atoms with Crippen LogP contribution in [0.5, 0.6) is 5.75 Å². The van der Waals surface area contributed by atoms with E-state index in [0.29, 0.717) is 19.3 Å². The van der Waals surface area contributed by atoms with E-state index in [1.165, 1.54) is 5.56 Å². The molecule has 1 aliphatic heterocycles. The molecule has 4 heteroatoms. The van der Waals surface area contributed by atoms with Gasteiger partial charge in [0.05, 0.1) is 7.11 Å². The number of allylic oxidation sites excluding steroid dienone is 2. The molecular formula is C24H25NO3. The minimum absolute atomic E-state index is 0.00787. The average Bonchev–Trinajstić information content (AvgIpc) is 2.73. The van der Waals surface area contributed by atoms with E-state index < -0.39 is 0 Å². The molecule has 0 bridgehead atoms. The summed E-state index contributed by atoms with van der Waals surface area (Å²) in [4.78, 5) is 25.5. The Hall–Kier alpha value is -2.88. The van der Waals surface area contributed by atoms with Crippen molar-refractivity contribution in [2.24, 2.45) is 0 Å². The summed E-state index contributed by atoms with van der Waals surface area (Å²) in [5.41, 5.74) is 5.01. The second-order valence-corrected chi connectivity index (χ2v) is 7.59. The number of carbonyl (C=O) groups excluding carboxylic acids is 2. The summed E-state index contributed by atoms with van der Waals surface area (Å²) in [5, 5.41) is 2.99. The van der Waals surface area contributed by atoms with Gasteiger partial charge in [0.1, 0.15) is 5.75 Å². The van der Waals surface area contributed by atoms with Crippen LogP contribution in [0, 0.1) is 0 Å². The van der Waals surface area contributed by atoms with Crippen LogP contribution in [0.25, 0.3) is 0 Å². The Morgan fingerprint density at radius 1 is 0.929 bits per heavy atom. The Bertz CT molecular complexity index is 925. The Balaban J connectivity index is 1.65. The molecule has 0 radical (unpaired) electrons. The Morgan fingerprint density at radius 3 is 2.25 bits per heavy atom. The highest BCUT2D eigenvalue weighted by Crippen LogP contribution is 2.42. The normalized spacial score (nSPS) is 21.9. The zero-order chi connectivity index (χ0) is 19.7. The molecule has 2 aliphatic rings. The zero-order valence-corrected chi connectivity index (χ0v) is 16.3. The molecule has 4 rings (SSSR count). The van der Waals surface area contributed by atoms with E-state index in [4.69, 9.17) is 4.74 Å². The van der Waals surface area contributed by atoms with Gasteiger partial charge in [-0.2, -0.15) is 0 Å². The average molecular weight is 375 g/mol. The van der Waals surface area contributed by atoms with Gasteiger partial charge in [0.2, 0.25) is 5.91 Å². The van der Waals surface area contributed by atoms with Crippen LogP contribution >= 0.6 is 0 Å². The maximum absolute atomic E-state index is 13.1. The second-order valence-electron chi connectivity index (χ2n) is 7.59. The molecule has 4 nitrogen and oxygen atoms in total. The van der Waals surface area contributed by atoms with Crippen LogP contribution in [0.4, 0.5) is 0 Å². The van der Waals surface area contributed by atoms with Crippen LogP contribution in [0.3, 0.4) is 0 Å². The number of nitrogens with one attached hydrogen (secondary N) is 1. The lowest BCUT2D eigenvalue weighted by atomic mass is 9.73. The number of hydrogen-bond donors (Lipinski definition) is 1. The van der Waals surface area contributed by atoms with Gasteiger partial charge in [-0.05, 0) is 47.6 Å². The summed E-state index contributed by atoms with van der Waals surface area (Å²) in [6.07, 6.45) is 2.47. The SMILES string of the molecule is CCc1ccc([C@H]2CC(=O)NC3=C2C(=O)C[C@@H](c2ccc(OC)cc2)C3)cc1. The molecule has 0 saturated carbocycles. The van der Waals surface area contributed by atoms with Crippen LogP contribution in [-0.2, 0) is 16.0 Å². The largest absolute Gasteiger partial charge is 0.497 e. The van der Waals surface area contributed by atoms with E-state index in [2.05, 4.69) is 36.5 Å². The quantitative estimate of drug-likeness (QED) is 0.869. The number of ketones is 1. The summed E-state index contributed by atoms with van der Waals surface area (Å²) >= 11 is 0. The maximum Gasteiger partial charge on any atom is 0.225 e. The van der Waals surface area contributed by atoms with Gasteiger partial charge in [-0.1, -0.05) is 43.3 Å². The first-order chi connectivity index (χ1) is 13.6. The van der Waals surface area contributed by atoms with Crippen LogP contribution in [0.15, 0.2) is 59.8 Å². The Labute approximate surface area is 165 Å². The fourth-order valence-corrected chi connectivity index (χ4v) is 4.34. The highest BCUT2D eigenvalue weighted by Gasteiger charge is 2.38. The van der Waals surface area contributed by atoms with Gasteiger partial charge in [0.25, 0.3) is 0 Å². The molecule has 2 atom stereocenters. The molecular weight excluding hydrogens is 350 g/mol. The number of benzene rings is 2. The molecule has 0 aromatic heterocycles. The summed E-state index contributed by atoms with van der Waals surface area (Å²) in [7, 11) is 1.64. The Kier molecular flexibility index (Phi) is 5.03. The van der Waals surface area contributed by atoms with Gasteiger partial charge >= 0.3 is 0 Å². The van der Waals surface area contributed by atoms with Crippen LogP contribution in [-0.4, -0.2) is 18.8 Å². The fraction of sp³-hybridized carbons (Fsp3) is 0.333. The summed E-state index contributed by atoms with van der Waals surface area (Å²) in [5.74, 6) is 0.878. The number of Topliss-reactive ketones (excluding diaryl/α,β-unsaturated/α-hetero) is 1. The maximum atomic E-state index is 13.1. The molecule has 1 N–H and O–H groups in total. The van der Waals surface area contributed by atoms with Crippen molar-refractivity contribution in [3.05, 3.63) is 76.5 Å². The molecule has 1 aliphatic carbocycles. The van der Waals surface area contributed by atoms with Gasteiger partial charge in [0.15, 0.2) is 5.78 Å². The minimum atomic E-state index is -0.140. The lowest BCUT2D eigenvalue weighted by molar-refractivity contribution is -0.122. The number of rotatable bonds is 4. The number of aryl methyl sites for hydroxylation is 1. The fourth-order valence-electron chi connectivity index (χ4n) is 4.34. The van der Waals surface area contributed by atoms with Gasteiger partial charge in [-0.3, -0.25) is 9.59 Å². The van der Waals surface area contributed by atoms with Crippen molar-refractivity contribution in [2.75, 3.05) is 7.11 Å². The predicted molar refractivity (Wildman–Crippen MR) is 108 cm³/mol. The molecule has 0 unspecified atom stereocenters. The van der Waals surface area contributed by atoms with Crippen LogP contribution in [0.1, 0.15) is 54.7 Å². The first-order valence-electron chi connectivity index (χ1n) is 9.88. The van der Waals surface area contributed by atoms with Crippen molar-refractivity contribution < 1.29 is 14.3 Å². The van der Waals surface area contributed by atoms with E-state index in [0.717, 1.165) is 34.6 Å². The third kappa shape index (κ3) is 3.47. The molecule has 0 saturated heterocycles. The molecule has 1 amide bonds. The number of methoxy groups -OCH3 is 1. The summed E-state index contributed by atoms with van der Waals surface area (Å²) in [6.45, 7) is 2.12. The van der Waals surface area contributed by atoms with Crippen LogP contribution in [0.2, 0.25) is 0 Å². The van der Waals surface area contributed by atoms with E-state index >= 15 is 0 Å². The minimum Gasteiger partial charge on any atom is -0.497 e. The van der Waals surface area contributed by atoms with Crippen molar-refractivity contribution in [1.82, 2.24) is 5.32 Å². The number of amides is 1. The lowest BCUT2D eigenvalue weighted by Gasteiger charge is -2.34. The first-order valence-corrected chi connectivity index (χ1v) is 9.88. The zero-order valence-electron chi connectivity index (χ0n) is 16.3. The smallest absolute Gasteiger partial charge is 0.225 e. The van der Waals surface area contributed by atoms with Gasteiger partial charge in [0, 0.05) is 30.0 Å². The lowest BCUT2D eigenvalue weighted by Crippen LogP contribution is -2.38. The highest BCUT2D eigenvalue weighted by molar-refractivity contribution is 6.02. The summed E-state index contributed by atoms with van der Waals surface area (Å²) in [6, 6.07) is 16.2. The third-order valence-corrected chi connectivity index (χ3v) is 5.91. The second kappa shape index (κ2) is 7.63. The van der Waals surface area contributed by atoms with Crippen molar-refractivity contribution in [2.45, 2.75) is 44.4 Å². The van der Waals surface area contributed by atoms with Gasteiger partial charge < -0.3 is 10.1 Å². The van der Waals surface area contributed by atoms with E-state index in [1.54, 1.807) is 7.11 Å². The van der Waals surface area contributed by atoms with Crippen LogP contribution < -0.4 is 10.1 Å². The van der Waals surface area contributed by atoms with Gasteiger partial charge in [-0.25, -0.2) is 0 Å². The highest BCUT2D eigenvalue weighted by atomic mass is 16.5. The van der Waals surface area contributed by atoms with Crippen molar-refractivity contribution >= 4 is 11.7 Å². The monoisotopic (exact) mass is 375 g/mol. The molecule has 144 valence electrons. The molecule has 28 heavy (non-hydrogen) atoms. The van der Waals surface area contributed by atoms with Crippen molar-refractivity contribution in [3.8, 4) is 5.75 Å². The van der Waals surface area contributed by atoms with E-state index in [9.17, 15) is 9.59 Å². The third-order valence-electron chi connectivity index (χ3n) is 5.91. The van der Waals surface area contributed by atoms with Gasteiger partial charge in [-0.15, -0.1) is 0 Å². The number of ether oxygens (including phenoxy) is 1. The first kappa shape index (κ1) is 18.5. The predicted octanol–water partition coefficient (Wildman–Crippen LogP) is 4.26. The molecule has 0 fully saturated rings. The van der Waals surface area contributed by atoms with Crippen molar-refractivity contribution in [1.29, 1.82) is 0 Å². The van der Waals surface area contributed by atoms with Crippen molar-refractivity contribution in [3.63, 3.8) is 0 Å². The topological polar surface area (TPSA) is 55.4 Å².